The lowest BCUT2D eigenvalue weighted by atomic mass is 9.91. The quantitative estimate of drug-likeness (QED) is 0.202. The maximum absolute atomic E-state index is 4.78. The zero-order valence-corrected chi connectivity index (χ0v) is 24.5. The summed E-state index contributed by atoms with van der Waals surface area (Å²) in [6.07, 6.45) is 0. The zero-order chi connectivity index (χ0) is 26.4. The van der Waals surface area contributed by atoms with E-state index in [2.05, 4.69) is 100 Å². The SMILES string of the molecule is Cc1cc2ccc3cc(-c4cc(C)c(-c5ccc(-c6cc(C)c(C)s6)c6nsnc56)s4)cc4ccc(c1)c2c34. The van der Waals surface area contributed by atoms with Crippen LogP contribution in [0.15, 0.2) is 72.8 Å². The average molecular weight is 557 g/mol. The summed E-state index contributed by atoms with van der Waals surface area (Å²) in [4.78, 5) is 5.18. The molecule has 8 aromatic rings. The second kappa shape index (κ2) is 8.43. The standard InChI is InChI=1S/C34H24N2S3/c1-17-11-21-5-7-23-15-25(16-24-8-6-22(12-17)30(21)31(23)24)28-14-19(3)34(38-28)27-10-9-26(32-33(27)36-39-35-32)29-13-18(2)20(4)37-29/h5-16H,1-4H3. The third-order valence-electron chi connectivity index (χ3n) is 7.97. The molecule has 0 saturated heterocycles. The molecule has 0 aliphatic heterocycles. The molecule has 2 nitrogen and oxygen atoms in total. The van der Waals surface area contributed by atoms with Crippen molar-refractivity contribution in [2.45, 2.75) is 27.7 Å². The van der Waals surface area contributed by atoms with Crippen LogP contribution in [0.3, 0.4) is 0 Å². The van der Waals surface area contributed by atoms with Crippen molar-refractivity contribution in [2.24, 2.45) is 0 Å². The van der Waals surface area contributed by atoms with Crippen LogP contribution in [-0.4, -0.2) is 8.75 Å². The number of aromatic nitrogens is 2. The van der Waals surface area contributed by atoms with Gasteiger partial charge in [0.25, 0.3) is 0 Å². The topological polar surface area (TPSA) is 25.8 Å². The molecule has 0 spiro atoms. The largest absolute Gasteiger partial charge is 0.172 e. The first-order valence-corrected chi connectivity index (χ1v) is 15.4. The first-order valence-electron chi connectivity index (χ1n) is 13.1. The summed E-state index contributed by atoms with van der Waals surface area (Å²) >= 11 is 5.00. The monoisotopic (exact) mass is 556 g/mol. The van der Waals surface area contributed by atoms with Crippen molar-refractivity contribution < 1.29 is 0 Å². The molecule has 0 N–H and O–H groups in total. The first-order chi connectivity index (χ1) is 18.9. The lowest BCUT2D eigenvalue weighted by Gasteiger charge is -2.13. The van der Waals surface area contributed by atoms with E-state index in [1.54, 1.807) is 0 Å². The Kier molecular flexibility index (Phi) is 5.03. The van der Waals surface area contributed by atoms with Crippen LogP contribution in [0.4, 0.5) is 0 Å². The fourth-order valence-electron chi connectivity index (χ4n) is 5.98. The van der Waals surface area contributed by atoms with Crippen molar-refractivity contribution in [1.29, 1.82) is 0 Å². The van der Waals surface area contributed by atoms with Gasteiger partial charge in [-0.3, -0.25) is 0 Å². The Balaban J connectivity index is 1.27. The Morgan fingerprint density at radius 3 is 1.72 bits per heavy atom. The van der Waals surface area contributed by atoms with E-state index in [9.17, 15) is 0 Å². The molecule has 0 aliphatic rings. The van der Waals surface area contributed by atoms with Crippen molar-refractivity contribution in [2.75, 3.05) is 0 Å². The van der Waals surface area contributed by atoms with Crippen LogP contribution in [0.1, 0.15) is 21.6 Å². The van der Waals surface area contributed by atoms with Gasteiger partial charge < -0.3 is 0 Å². The van der Waals surface area contributed by atoms with Crippen LogP contribution in [0.25, 0.3) is 74.7 Å². The number of hydrogen-bond acceptors (Lipinski definition) is 5. The zero-order valence-electron chi connectivity index (χ0n) is 22.0. The fraction of sp³-hybridized carbons (Fsp3) is 0.118. The Morgan fingerprint density at radius 1 is 0.538 bits per heavy atom. The van der Waals surface area contributed by atoms with Gasteiger partial charge >= 0.3 is 0 Å². The predicted octanol–water partition coefficient (Wildman–Crippen LogP) is 10.9. The summed E-state index contributed by atoms with van der Waals surface area (Å²) in [6.45, 7) is 8.75. The Morgan fingerprint density at radius 2 is 1.10 bits per heavy atom. The number of fused-ring (bicyclic) bond motifs is 1. The number of hydrogen-bond donors (Lipinski definition) is 0. The van der Waals surface area contributed by atoms with Crippen molar-refractivity contribution in [3.63, 3.8) is 0 Å². The molecule has 0 amide bonds. The first kappa shape index (κ1) is 23.3. The highest BCUT2D eigenvalue weighted by atomic mass is 32.1. The van der Waals surface area contributed by atoms with Gasteiger partial charge in [0.05, 0.1) is 11.7 Å². The van der Waals surface area contributed by atoms with E-state index in [1.165, 1.54) is 96.9 Å². The van der Waals surface area contributed by atoms with E-state index >= 15 is 0 Å². The van der Waals surface area contributed by atoms with Crippen LogP contribution in [0.2, 0.25) is 0 Å². The van der Waals surface area contributed by atoms with Gasteiger partial charge in [-0.15, -0.1) is 22.7 Å². The van der Waals surface area contributed by atoms with Crippen LogP contribution in [0.5, 0.6) is 0 Å². The second-order valence-corrected chi connectivity index (χ2v) is 13.4. The van der Waals surface area contributed by atoms with Gasteiger partial charge in [-0.05, 0) is 107 Å². The Labute approximate surface area is 238 Å². The van der Waals surface area contributed by atoms with Crippen molar-refractivity contribution in [1.82, 2.24) is 8.75 Å². The summed E-state index contributed by atoms with van der Waals surface area (Å²) in [6, 6.07) is 27.5. The van der Waals surface area contributed by atoms with E-state index in [-0.39, 0.29) is 0 Å². The van der Waals surface area contributed by atoms with E-state index in [1.807, 2.05) is 22.7 Å². The normalized spacial score (nSPS) is 12.1. The highest BCUT2D eigenvalue weighted by Crippen LogP contribution is 2.45. The molecular formula is C34H24N2S3. The maximum atomic E-state index is 4.78. The van der Waals surface area contributed by atoms with E-state index < -0.39 is 0 Å². The van der Waals surface area contributed by atoms with Gasteiger partial charge in [-0.25, -0.2) is 0 Å². The molecule has 3 heterocycles. The van der Waals surface area contributed by atoms with Gasteiger partial charge in [0, 0.05) is 30.6 Å². The fourth-order valence-corrected chi connectivity index (χ4v) is 8.80. The lowest BCUT2D eigenvalue weighted by molar-refractivity contribution is 1.44. The van der Waals surface area contributed by atoms with Gasteiger partial charge in [-0.1, -0.05) is 48.5 Å². The number of aryl methyl sites for hydroxylation is 4. The van der Waals surface area contributed by atoms with Crippen LogP contribution < -0.4 is 0 Å². The van der Waals surface area contributed by atoms with Gasteiger partial charge in [0.15, 0.2) is 0 Å². The minimum Gasteiger partial charge on any atom is -0.172 e. The lowest BCUT2D eigenvalue weighted by Crippen LogP contribution is -1.86. The van der Waals surface area contributed by atoms with Crippen molar-refractivity contribution in [3.8, 4) is 31.3 Å². The number of thiophene rings is 2. The van der Waals surface area contributed by atoms with Crippen LogP contribution >= 0.6 is 34.4 Å². The minimum absolute atomic E-state index is 1.00. The van der Waals surface area contributed by atoms with E-state index in [4.69, 9.17) is 8.75 Å². The molecule has 8 rings (SSSR count). The summed E-state index contributed by atoms with van der Waals surface area (Å²) in [5, 5.41) is 7.99. The average Bonchev–Trinajstić information content (AvgIpc) is 3.65. The third kappa shape index (κ3) is 3.50. The van der Waals surface area contributed by atoms with Gasteiger partial charge in [0.1, 0.15) is 11.0 Å². The van der Waals surface area contributed by atoms with Crippen LogP contribution in [-0.2, 0) is 0 Å². The van der Waals surface area contributed by atoms with E-state index in [0.717, 1.165) is 11.0 Å². The highest BCUT2D eigenvalue weighted by molar-refractivity contribution is 7.19. The van der Waals surface area contributed by atoms with Crippen molar-refractivity contribution >= 4 is 77.8 Å². The molecule has 0 fully saturated rings. The maximum Gasteiger partial charge on any atom is 0.114 e. The molecule has 5 heteroatoms. The minimum atomic E-state index is 1.00. The number of benzene rings is 5. The Bertz CT molecular complexity index is 2140. The van der Waals surface area contributed by atoms with Crippen LogP contribution in [0, 0.1) is 27.7 Å². The van der Waals surface area contributed by atoms with Gasteiger partial charge in [0.2, 0.25) is 0 Å². The van der Waals surface area contributed by atoms with Crippen molar-refractivity contribution in [3.05, 3.63) is 94.4 Å². The molecule has 0 saturated carbocycles. The smallest absolute Gasteiger partial charge is 0.114 e. The number of rotatable bonds is 3. The second-order valence-electron chi connectivity index (χ2n) is 10.6. The van der Waals surface area contributed by atoms with E-state index in [0.29, 0.717) is 0 Å². The summed E-state index contributed by atoms with van der Waals surface area (Å²) in [5.74, 6) is 0. The molecule has 188 valence electrons. The molecule has 3 aromatic heterocycles. The van der Waals surface area contributed by atoms with Gasteiger partial charge in [-0.2, -0.15) is 8.75 Å². The predicted molar refractivity (Wildman–Crippen MR) is 172 cm³/mol. The molecule has 0 radical (unpaired) electrons. The summed E-state index contributed by atoms with van der Waals surface area (Å²) < 4.78 is 9.52. The molecule has 0 unspecified atom stereocenters. The molecule has 39 heavy (non-hydrogen) atoms. The molecular weight excluding hydrogens is 533 g/mol. The number of nitrogens with zero attached hydrogens (tertiary/aromatic N) is 2. The highest BCUT2D eigenvalue weighted by Gasteiger charge is 2.19. The molecule has 5 aromatic carbocycles. The summed E-state index contributed by atoms with van der Waals surface area (Å²) in [5.41, 5.74) is 9.55. The molecule has 0 bridgehead atoms. The summed E-state index contributed by atoms with van der Waals surface area (Å²) in [7, 11) is 0. The molecule has 0 atom stereocenters. The Hall–Kier alpha value is -3.64. The molecule has 0 aliphatic carbocycles. The third-order valence-corrected chi connectivity index (χ3v) is 11.0.